The first-order chi connectivity index (χ1) is 13.5. The van der Waals surface area contributed by atoms with Crippen molar-refractivity contribution in [1.82, 2.24) is 4.57 Å². The van der Waals surface area contributed by atoms with Gasteiger partial charge in [-0.3, -0.25) is 4.79 Å². The van der Waals surface area contributed by atoms with Gasteiger partial charge >= 0.3 is 0 Å². The van der Waals surface area contributed by atoms with Crippen molar-refractivity contribution in [3.8, 4) is 0 Å². The molecule has 0 bridgehead atoms. The van der Waals surface area contributed by atoms with Gasteiger partial charge in [-0.05, 0) is 35.9 Å². The van der Waals surface area contributed by atoms with Crippen molar-refractivity contribution >= 4 is 46.3 Å². The Bertz CT molecular complexity index is 1130. The van der Waals surface area contributed by atoms with Gasteiger partial charge in [0, 0.05) is 16.8 Å². The van der Waals surface area contributed by atoms with Gasteiger partial charge < -0.3 is 9.40 Å². The SMILES string of the molecule is O=C1c2cccn2CC12ON=C(c1c(Cl)cccc1Cl)C2c1ccccc1Cl. The summed E-state index contributed by atoms with van der Waals surface area (Å²) in [4.78, 5) is 19.3. The summed E-state index contributed by atoms with van der Waals surface area (Å²) >= 11 is 19.5. The molecule has 1 spiro atoms. The molecule has 1 aromatic heterocycles. The molecular formula is C21H13Cl3N2O2. The number of rotatable bonds is 2. The van der Waals surface area contributed by atoms with E-state index in [0.29, 0.717) is 38.6 Å². The minimum absolute atomic E-state index is 0.135. The molecule has 7 heteroatoms. The second-order valence-electron chi connectivity index (χ2n) is 6.86. The molecular weight excluding hydrogens is 419 g/mol. The van der Waals surface area contributed by atoms with Gasteiger partial charge in [-0.15, -0.1) is 0 Å². The van der Waals surface area contributed by atoms with Gasteiger partial charge in [0.25, 0.3) is 0 Å². The molecule has 0 fully saturated rings. The molecule has 5 rings (SSSR count). The Kier molecular flexibility index (Phi) is 4.05. The van der Waals surface area contributed by atoms with Crippen molar-refractivity contribution in [3.05, 3.63) is 92.7 Å². The van der Waals surface area contributed by atoms with Crippen molar-refractivity contribution < 1.29 is 9.63 Å². The lowest BCUT2D eigenvalue weighted by molar-refractivity contribution is -0.0130. The Labute approximate surface area is 176 Å². The summed E-state index contributed by atoms with van der Waals surface area (Å²) in [5, 5.41) is 5.73. The van der Waals surface area contributed by atoms with Crippen LogP contribution < -0.4 is 0 Å². The number of hydrogen-bond donors (Lipinski definition) is 0. The van der Waals surface area contributed by atoms with E-state index in [9.17, 15) is 4.79 Å². The van der Waals surface area contributed by atoms with Crippen LogP contribution >= 0.6 is 34.8 Å². The third-order valence-electron chi connectivity index (χ3n) is 5.33. The van der Waals surface area contributed by atoms with Gasteiger partial charge in [0.2, 0.25) is 11.4 Å². The standard InChI is InChI=1S/C21H13Cl3N2O2/c22-13-6-2-1-5-12(13)18-19(17-14(23)7-3-8-15(17)24)25-28-21(18)11-26-10-4-9-16(26)20(21)27/h1-10,18H,11H2. The predicted molar refractivity (Wildman–Crippen MR) is 110 cm³/mol. The summed E-state index contributed by atoms with van der Waals surface area (Å²) in [6.07, 6.45) is 1.86. The fourth-order valence-corrected chi connectivity index (χ4v) is 4.93. The Balaban J connectivity index is 1.73. The largest absolute Gasteiger partial charge is 0.377 e. The maximum atomic E-state index is 13.4. The van der Waals surface area contributed by atoms with Crippen molar-refractivity contribution in [2.24, 2.45) is 5.16 Å². The lowest BCUT2D eigenvalue weighted by Crippen LogP contribution is -2.44. The average Bonchev–Trinajstić information content (AvgIpc) is 3.34. The quantitative estimate of drug-likeness (QED) is 0.530. The van der Waals surface area contributed by atoms with Crippen LogP contribution in [0.15, 0.2) is 65.9 Å². The molecule has 0 aliphatic carbocycles. The summed E-state index contributed by atoms with van der Waals surface area (Å²) in [6.45, 7) is 0.332. The first kappa shape index (κ1) is 17.8. The molecule has 2 unspecified atom stereocenters. The number of oxime groups is 1. The van der Waals surface area contributed by atoms with Crippen LogP contribution in [-0.2, 0) is 11.4 Å². The van der Waals surface area contributed by atoms with E-state index < -0.39 is 11.5 Å². The molecule has 3 aromatic rings. The monoisotopic (exact) mass is 430 g/mol. The van der Waals surface area contributed by atoms with Crippen LogP contribution in [-0.4, -0.2) is 21.7 Å². The van der Waals surface area contributed by atoms with E-state index in [1.807, 2.05) is 35.0 Å². The first-order valence-electron chi connectivity index (χ1n) is 8.68. The zero-order valence-electron chi connectivity index (χ0n) is 14.4. The van der Waals surface area contributed by atoms with E-state index in [4.69, 9.17) is 39.6 Å². The van der Waals surface area contributed by atoms with Crippen molar-refractivity contribution in [2.45, 2.75) is 18.1 Å². The molecule has 0 radical (unpaired) electrons. The summed E-state index contributed by atoms with van der Waals surface area (Å²) in [5.74, 6) is -0.685. The highest BCUT2D eigenvalue weighted by Crippen LogP contribution is 2.49. The molecule has 2 aliphatic heterocycles. The minimum Gasteiger partial charge on any atom is -0.377 e. The van der Waals surface area contributed by atoms with Gasteiger partial charge in [-0.2, -0.15) is 0 Å². The second-order valence-corrected chi connectivity index (χ2v) is 8.08. The van der Waals surface area contributed by atoms with Gasteiger partial charge in [-0.25, -0.2) is 0 Å². The maximum absolute atomic E-state index is 13.4. The molecule has 0 N–H and O–H groups in total. The lowest BCUT2D eigenvalue weighted by atomic mass is 9.75. The molecule has 0 saturated carbocycles. The highest BCUT2D eigenvalue weighted by Gasteiger charge is 2.60. The number of benzene rings is 2. The fraction of sp³-hybridized carbons (Fsp3) is 0.143. The van der Waals surface area contributed by atoms with E-state index in [0.717, 1.165) is 5.56 Å². The van der Waals surface area contributed by atoms with Gasteiger partial charge in [-0.1, -0.05) is 64.2 Å². The van der Waals surface area contributed by atoms with Crippen molar-refractivity contribution in [2.75, 3.05) is 0 Å². The minimum atomic E-state index is -1.22. The number of halogens is 3. The number of carbonyl (C=O) groups is 1. The molecule has 2 atom stereocenters. The lowest BCUT2D eigenvalue weighted by Gasteiger charge is -2.28. The molecule has 2 aliphatic rings. The molecule has 0 saturated heterocycles. The molecule has 4 nitrogen and oxygen atoms in total. The number of nitrogens with zero attached hydrogens (tertiary/aromatic N) is 2. The van der Waals surface area contributed by atoms with Crippen molar-refractivity contribution in [1.29, 1.82) is 0 Å². The maximum Gasteiger partial charge on any atom is 0.231 e. The third-order valence-corrected chi connectivity index (χ3v) is 6.31. The summed E-state index contributed by atoms with van der Waals surface area (Å²) in [5.41, 5.74) is 1.16. The zero-order valence-corrected chi connectivity index (χ0v) is 16.7. The number of ketones is 1. The number of aromatic nitrogens is 1. The molecule has 28 heavy (non-hydrogen) atoms. The molecule has 0 amide bonds. The Morgan fingerprint density at radius 3 is 2.39 bits per heavy atom. The Morgan fingerprint density at radius 2 is 1.68 bits per heavy atom. The number of hydrogen-bond acceptors (Lipinski definition) is 3. The smallest absolute Gasteiger partial charge is 0.231 e. The van der Waals surface area contributed by atoms with E-state index in [2.05, 4.69) is 5.16 Å². The Hall–Kier alpha value is -2.27. The summed E-state index contributed by atoms with van der Waals surface area (Å²) < 4.78 is 1.87. The summed E-state index contributed by atoms with van der Waals surface area (Å²) in [6, 6.07) is 16.2. The van der Waals surface area contributed by atoms with Gasteiger partial charge in [0.15, 0.2) is 0 Å². The number of Topliss-reactive ketones (excluding diaryl/α,β-unsaturated/α-hetero) is 1. The van der Waals surface area contributed by atoms with E-state index in [-0.39, 0.29) is 5.78 Å². The summed E-state index contributed by atoms with van der Waals surface area (Å²) in [7, 11) is 0. The molecule has 140 valence electrons. The van der Waals surface area contributed by atoms with E-state index >= 15 is 0 Å². The fourth-order valence-electron chi connectivity index (χ4n) is 4.09. The van der Waals surface area contributed by atoms with Gasteiger partial charge in [0.1, 0.15) is 5.71 Å². The Morgan fingerprint density at radius 1 is 0.964 bits per heavy atom. The molecule has 3 heterocycles. The second kappa shape index (κ2) is 6.38. The highest BCUT2D eigenvalue weighted by molar-refractivity contribution is 6.41. The average molecular weight is 432 g/mol. The van der Waals surface area contributed by atoms with Crippen molar-refractivity contribution in [3.63, 3.8) is 0 Å². The van der Waals surface area contributed by atoms with Crippen LogP contribution in [0.5, 0.6) is 0 Å². The van der Waals surface area contributed by atoms with Crippen LogP contribution in [0.3, 0.4) is 0 Å². The normalized spacial score (nSPS) is 23.0. The predicted octanol–water partition coefficient (Wildman–Crippen LogP) is 5.60. The van der Waals surface area contributed by atoms with Crippen LogP contribution in [0.2, 0.25) is 15.1 Å². The number of fused-ring (bicyclic) bond motifs is 1. The third kappa shape index (κ3) is 2.38. The van der Waals surface area contributed by atoms with Gasteiger partial charge in [0.05, 0.1) is 28.2 Å². The van der Waals surface area contributed by atoms with Crippen LogP contribution in [0.4, 0.5) is 0 Å². The first-order valence-corrected chi connectivity index (χ1v) is 9.81. The van der Waals surface area contributed by atoms with Crippen LogP contribution in [0, 0.1) is 0 Å². The highest BCUT2D eigenvalue weighted by atomic mass is 35.5. The zero-order chi connectivity index (χ0) is 19.5. The number of carbonyl (C=O) groups excluding carboxylic acids is 1. The van der Waals surface area contributed by atoms with Crippen LogP contribution in [0.1, 0.15) is 27.5 Å². The van der Waals surface area contributed by atoms with Crippen LogP contribution in [0.25, 0.3) is 0 Å². The topological polar surface area (TPSA) is 43.6 Å². The molecule has 2 aromatic carbocycles. The van der Waals surface area contributed by atoms with E-state index in [1.165, 1.54) is 0 Å². The van der Waals surface area contributed by atoms with E-state index in [1.54, 1.807) is 30.3 Å².